The molecule has 1 saturated heterocycles. The minimum absolute atomic E-state index is 0.0362. The van der Waals surface area contributed by atoms with Crippen molar-refractivity contribution in [3.63, 3.8) is 0 Å². The zero-order valence-corrected chi connectivity index (χ0v) is 18.7. The average molecular weight is 417 g/mol. The Morgan fingerprint density at radius 1 is 1.20 bits per heavy atom. The van der Waals surface area contributed by atoms with Crippen molar-refractivity contribution in [1.29, 1.82) is 0 Å². The molecule has 30 heavy (non-hydrogen) atoms. The lowest BCUT2D eigenvalue weighted by Gasteiger charge is -2.51. The van der Waals surface area contributed by atoms with Gasteiger partial charge in [0.25, 0.3) is 0 Å². The van der Waals surface area contributed by atoms with Crippen LogP contribution in [0.1, 0.15) is 91.4 Å². The van der Waals surface area contributed by atoms with Crippen LogP contribution in [-0.2, 0) is 9.53 Å². The normalized spacial score (nSPS) is 24.2. The first kappa shape index (κ1) is 22.6. The van der Waals surface area contributed by atoms with E-state index in [2.05, 4.69) is 21.5 Å². The predicted molar refractivity (Wildman–Crippen MR) is 115 cm³/mol. The third kappa shape index (κ3) is 5.74. The summed E-state index contributed by atoms with van der Waals surface area (Å²) in [6.45, 7) is 6.33. The number of likely N-dealkylation sites (tertiary alicyclic amines) is 1. The third-order valence-corrected chi connectivity index (χ3v) is 6.47. The lowest BCUT2D eigenvalue weighted by molar-refractivity contribution is -0.123. The van der Waals surface area contributed by atoms with Crippen LogP contribution in [-0.4, -0.2) is 46.3 Å². The molecule has 1 saturated carbocycles. The zero-order chi connectivity index (χ0) is 21.8. The fourth-order valence-electron chi connectivity index (χ4n) is 4.88. The first-order chi connectivity index (χ1) is 14.2. The van der Waals surface area contributed by atoms with E-state index in [9.17, 15) is 9.59 Å². The molecule has 3 aliphatic rings. The van der Waals surface area contributed by atoms with Gasteiger partial charge in [-0.2, -0.15) is 10.2 Å². The fourth-order valence-corrected chi connectivity index (χ4v) is 4.88. The highest BCUT2D eigenvalue weighted by Crippen LogP contribution is 2.42. The van der Waals surface area contributed by atoms with Gasteiger partial charge < -0.3 is 15.0 Å². The van der Waals surface area contributed by atoms with Gasteiger partial charge in [-0.1, -0.05) is 19.3 Å². The number of rotatable bonds is 6. The summed E-state index contributed by atoms with van der Waals surface area (Å²) in [5.41, 5.74) is -1.13. The number of nitrogens with zero attached hydrogens (tertiary/aromatic N) is 3. The molecule has 7 heteroatoms. The van der Waals surface area contributed by atoms with Crippen LogP contribution in [0.3, 0.4) is 0 Å². The largest absolute Gasteiger partial charge is 0.444 e. The van der Waals surface area contributed by atoms with Gasteiger partial charge in [0, 0.05) is 43.8 Å². The van der Waals surface area contributed by atoms with E-state index in [0.29, 0.717) is 32.2 Å². The maximum Gasteiger partial charge on any atom is 0.410 e. The first-order valence-corrected chi connectivity index (χ1v) is 11.3. The van der Waals surface area contributed by atoms with Crippen molar-refractivity contribution in [3.8, 4) is 12.3 Å². The maximum atomic E-state index is 12.9. The third-order valence-electron chi connectivity index (χ3n) is 6.47. The molecule has 2 fully saturated rings. The van der Waals surface area contributed by atoms with Crippen LogP contribution < -0.4 is 5.32 Å². The van der Waals surface area contributed by atoms with E-state index in [1.165, 1.54) is 6.42 Å². The number of nitrogens with one attached hydrogen (secondary N) is 1. The standard InChI is InChI=1S/C23H36N4O3/c1-5-6-14-23(25-26-23)15-10-19(28)24-18-11-16-27(20(29)30-21(2,3)4)22(17-18)12-8-7-9-13-22/h1,18H,6-17H2,2-4H3,(H,24,28). The molecule has 166 valence electrons. The lowest BCUT2D eigenvalue weighted by Crippen LogP contribution is -2.61. The van der Waals surface area contributed by atoms with Gasteiger partial charge in [-0.05, 0) is 46.5 Å². The van der Waals surface area contributed by atoms with E-state index >= 15 is 0 Å². The highest BCUT2D eigenvalue weighted by molar-refractivity contribution is 5.76. The van der Waals surface area contributed by atoms with Gasteiger partial charge in [-0.25, -0.2) is 4.79 Å². The summed E-state index contributed by atoms with van der Waals surface area (Å²) in [6, 6.07) is 0.0871. The molecule has 1 aliphatic carbocycles. The second-order valence-corrected chi connectivity index (χ2v) is 10.1. The number of hydrogen-bond acceptors (Lipinski definition) is 5. The number of carbonyl (C=O) groups excluding carboxylic acids is 2. The number of piperidine rings is 1. The Balaban J connectivity index is 1.56. The van der Waals surface area contributed by atoms with Crippen LogP contribution in [0.15, 0.2) is 10.2 Å². The minimum Gasteiger partial charge on any atom is -0.444 e. The molecule has 0 radical (unpaired) electrons. The molecule has 2 aliphatic heterocycles. The Labute approximate surface area is 180 Å². The molecule has 0 bridgehead atoms. The second kappa shape index (κ2) is 8.95. The number of ether oxygens (including phenoxy) is 1. The van der Waals surface area contributed by atoms with Crippen molar-refractivity contribution in [2.75, 3.05) is 6.54 Å². The number of carbonyl (C=O) groups is 2. The molecule has 1 N–H and O–H groups in total. The molecule has 1 unspecified atom stereocenters. The summed E-state index contributed by atoms with van der Waals surface area (Å²) in [7, 11) is 0. The van der Waals surface area contributed by atoms with Gasteiger partial charge in [0.2, 0.25) is 5.91 Å². The van der Waals surface area contributed by atoms with Gasteiger partial charge in [-0.3, -0.25) is 4.79 Å². The minimum atomic E-state index is -0.508. The van der Waals surface area contributed by atoms with Crippen LogP contribution >= 0.6 is 0 Å². The van der Waals surface area contributed by atoms with Crippen molar-refractivity contribution in [1.82, 2.24) is 10.2 Å². The summed E-state index contributed by atoms with van der Waals surface area (Å²) >= 11 is 0. The molecule has 0 aromatic heterocycles. The van der Waals surface area contributed by atoms with Gasteiger partial charge in [-0.15, -0.1) is 12.3 Å². The monoisotopic (exact) mass is 416 g/mol. The molecule has 2 heterocycles. The SMILES string of the molecule is C#CCCC1(CCC(=O)NC2CCN(C(=O)OC(C)(C)C)C3(CCCCC3)C2)N=N1. The van der Waals surface area contributed by atoms with Crippen molar-refractivity contribution in [3.05, 3.63) is 0 Å². The lowest BCUT2D eigenvalue weighted by atomic mass is 9.73. The predicted octanol–water partition coefficient (Wildman–Crippen LogP) is 4.56. The molecule has 1 spiro atoms. The van der Waals surface area contributed by atoms with E-state index in [0.717, 1.165) is 38.5 Å². The van der Waals surface area contributed by atoms with Crippen molar-refractivity contribution in [2.24, 2.45) is 10.2 Å². The Morgan fingerprint density at radius 2 is 1.90 bits per heavy atom. The summed E-state index contributed by atoms with van der Waals surface area (Å²) in [5, 5.41) is 11.4. The first-order valence-electron chi connectivity index (χ1n) is 11.3. The number of hydrogen-bond donors (Lipinski definition) is 1. The number of amides is 2. The molecule has 7 nitrogen and oxygen atoms in total. The van der Waals surface area contributed by atoms with E-state index in [-0.39, 0.29) is 23.6 Å². The molecule has 0 aromatic carbocycles. The Bertz CT molecular complexity index is 707. The van der Waals surface area contributed by atoms with Gasteiger partial charge in [0.05, 0.1) is 0 Å². The average Bonchev–Trinajstić information content (AvgIpc) is 3.44. The zero-order valence-electron chi connectivity index (χ0n) is 18.7. The van der Waals surface area contributed by atoms with Gasteiger partial charge in [0.15, 0.2) is 5.66 Å². The molecular weight excluding hydrogens is 380 g/mol. The Kier molecular flexibility index (Phi) is 6.74. The fraction of sp³-hybridized carbons (Fsp3) is 0.826. The van der Waals surface area contributed by atoms with Crippen molar-refractivity contribution >= 4 is 12.0 Å². The van der Waals surface area contributed by atoms with E-state index < -0.39 is 11.3 Å². The van der Waals surface area contributed by atoms with E-state index in [1.54, 1.807) is 0 Å². The molecular formula is C23H36N4O3. The molecule has 1 atom stereocenters. The van der Waals surface area contributed by atoms with Crippen LogP contribution in [0.5, 0.6) is 0 Å². The van der Waals surface area contributed by atoms with E-state index in [4.69, 9.17) is 11.2 Å². The van der Waals surface area contributed by atoms with Gasteiger partial charge >= 0.3 is 6.09 Å². The number of terminal acetylenes is 1. The molecule has 0 aromatic rings. The van der Waals surface area contributed by atoms with Crippen molar-refractivity contribution in [2.45, 2.75) is 114 Å². The van der Waals surface area contributed by atoms with Crippen LogP contribution in [0.2, 0.25) is 0 Å². The Morgan fingerprint density at radius 3 is 2.50 bits per heavy atom. The molecule has 3 rings (SSSR count). The maximum absolute atomic E-state index is 12.9. The molecule has 2 amide bonds. The summed E-state index contributed by atoms with van der Waals surface area (Å²) < 4.78 is 5.70. The van der Waals surface area contributed by atoms with Crippen LogP contribution in [0.4, 0.5) is 4.79 Å². The highest BCUT2D eigenvalue weighted by atomic mass is 16.6. The quantitative estimate of drug-likeness (QED) is 0.644. The summed E-state index contributed by atoms with van der Waals surface area (Å²) in [5.74, 6) is 2.65. The van der Waals surface area contributed by atoms with Crippen LogP contribution in [0, 0.1) is 12.3 Å². The van der Waals surface area contributed by atoms with Crippen LogP contribution in [0.25, 0.3) is 0 Å². The second-order valence-electron chi connectivity index (χ2n) is 10.1. The summed E-state index contributed by atoms with van der Waals surface area (Å²) in [6.07, 6.45) is 14.4. The van der Waals surface area contributed by atoms with Crippen molar-refractivity contribution < 1.29 is 14.3 Å². The summed E-state index contributed by atoms with van der Waals surface area (Å²) in [4.78, 5) is 27.5. The topological polar surface area (TPSA) is 83.4 Å². The van der Waals surface area contributed by atoms with Gasteiger partial charge in [0.1, 0.15) is 5.60 Å². The van der Waals surface area contributed by atoms with E-state index in [1.807, 2.05) is 25.7 Å². The smallest absolute Gasteiger partial charge is 0.410 e. The highest BCUT2D eigenvalue weighted by Gasteiger charge is 2.47. The Hall–Kier alpha value is -2.10.